The summed E-state index contributed by atoms with van der Waals surface area (Å²) in [6, 6.07) is 6.24. The van der Waals surface area contributed by atoms with Gasteiger partial charge in [0.1, 0.15) is 16.8 Å². The average Bonchev–Trinajstić information content (AvgIpc) is 3.32. The number of benzene rings is 1. The average molecular weight is 441 g/mol. The molecule has 10 heteroatoms. The highest BCUT2D eigenvalue weighted by atomic mass is 35.5. The van der Waals surface area contributed by atoms with Crippen molar-refractivity contribution in [2.45, 2.75) is 32.7 Å². The van der Waals surface area contributed by atoms with Crippen molar-refractivity contribution in [3.8, 4) is 11.2 Å². The summed E-state index contributed by atoms with van der Waals surface area (Å²) < 4.78 is 1.52. The molecule has 1 saturated carbocycles. The Morgan fingerprint density at radius 3 is 2.73 bits per heavy atom. The zero-order valence-electron chi connectivity index (χ0n) is 16.2. The third-order valence-corrected chi connectivity index (χ3v) is 5.75. The first kappa shape index (κ1) is 20.2. The number of aromatic nitrogens is 4. The van der Waals surface area contributed by atoms with Crippen molar-refractivity contribution < 1.29 is 9.59 Å². The SMILES string of the molecule is Cc1nc([C@H](C)NC(=O)c2cc(Cl)cc(C(=O)C3CC3)c2)n(-c2ncc(C#N)s2)n1. The van der Waals surface area contributed by atoms with E-state index in [1.165, 1.54) is 28.3 Å². The Morgan fingerprint density at radius 1 is 1.33 bits per heavy atom. The van der Waals surface area contributed by atoms with Crippen molar-refractivity contribution in [2.75, 3.05) is 0 Å². The van der Waals surface area contributed by atoms with Gasteiger partial charge in [-0.3, -0.25) is 9.59 Å². The van der Waals surface area contributed by atoms with E-state index >= 15 is 0 Å². The number of amides is 1. The Labute approximate surface area is 181 Å². The van der Waals surface area contributed by atoms with Crippen LogP contribution in [0.2, 0.25) is 5.02 Å². The molecule has 1 atom stereocenters. The van der Waals surface area contributed by atoms with Crippen LogP contribution >= 0.6 is 22.9 Å². The molecule has 8 nitrogen and oxygen atoms in total. The smallest absolute Gasteiger partial charge is 0.251 e. The van der Waals surface area contributed by atoms with Gasteiger partial charge in [-0.2, -0.15) is 9.94 Å². The van der Waals surface area contributed by atoms with Crippen molar-refractivity contribution in [3.63, 3.8) is 0 Å². The van der Waals surface area contributed by atoms with Gasteiger partial charge >= 0.3 is 0 Å². The Bertz CT molecular complexity index is 1190. The van der Waals surface area contributed by atoms with E-state index in [4.69, 9.17) is 16.9 Å². The first-order valence-corrected chi connectivity index (χ1v) is 10.5. The number of carbonyl (C=O) groups is 2. The largest absolute Gasteiger partial charge is 0.342 e. The summed E-state index contributed by atoms with van der Waals surface area (Å²) in [5.74, 6) is 0.679. The number of hydrogen-bond donors (Lipinski definition) is 1. The monoisotopic (exact) mass is 440 g/mol. The van der Waals surface area contributed by atoms with Gasteiger partial charge in [0.2, 0.25) is 5.13 Å². The van der Waals surface area contributed by atoms with Gasteiger partial charge in [-0.25, -0.2) is 9.97 Å². The fourth-order valence-electron chi connectivity index (χ4n) is 3.06. The number of nitriles is 1. The fourth-order valence-corrected chi connectivity index (χ4v) is 3.96. The van der Waals surface area contributed by atoms with Crippen molar-refractivity contribution in [3.05, 3.63) is 57.1 Å². The van der Waals surface area contributed by atoms with Gasteiger partial charge in [0.25, 0.3) is 5.91 Å². The summed E-state index contributed by atoms with van der Waals surface area (Å²) in [6.07, 6.45) is 3.22. The second-order valence-electron chi connectivity index (χ2n) is 7.11. The van der Waals surface area contributed by atoms with Crippen LogP contribution in [0.5, 0.6) is 0 Å². The normalized spacial score (nSPS) is 14.2. The molecular weight excluding hydrogens is 424 g/mol. The van der Waals surface area contributed by atoms with Crippen LogP contribution in [-0.2, 0) is 0 Å². The maximum Gasteiger partial charge on any atom is 0.251 e. The number of Topliss-reactive ketones (excluding diaryl/α,β-unsaturated/α-hetero) is 1. The molecule has 3 aromatic rings. The second kappa shape index (κ2) is 7.97. The van der Waals surface area contributed by atoms with E-state index in [-0.39, 0.29) is 17.6 Å². The van der Waals surface area contributed by atoms with Crippen LogP contribution < -0.4 is 5.32 Å². The predicted octanol–water partition coefficient (Wildman–Crippen LogP) is 3.64. The standard InChI is InChI=1S/C20H17ClN6O2S/c1-10(18-25-11(2)26-27(18)20-23-9-16(8-22)30-20)24-19(29)14-5-13(6-15(21)7-14)17(28)12-3-4-12/h5-7,9-10,12H,3-4H2,1-2H3,(H,24,29)/t10-/m0/s1. The Balaban J connectivity index is 1.57. The van der Waals surface area contributed by atoms with E-state index in [0.29, 0.717) is 37.8 Å². The summed E-state index contributed by atoms with van der Waals surface area (Å²) in [4.78, 5) is 34.3. The number of ketones is 1. The topological polar surface area (TPSA) is 114 Å². The molecule has 0 aliphatic heterocycles. The van der Waals surface area contributed by atoms with Crippen LogP contribution in [0.3, 0.4) is 0 Å². The Hall–Kier alpha value is -3.09. The molecule has 1 N–H and O–H groups in total. The van der Waals surface area contributed by atoms with E-state index < -0.39 is 6.04 Å². The van der Waals surface area contributed by atoms with E-state index in [1.54, 1.807) is 26.0 Å². The highest BCUT2D eigenvalue weighted by Crippen LogP contribution is 2.33. The first-order chi connectivity index (χ1) is 14.4. The number of hydrogen-bond acceptors (Lipinski definition) is 7. The lowest BCUT2D eigenvalue weighted by Crippen LogP contribution is -2.29. The van der Waals surface area contributed by atoms with Gasteiger partial charge in [0.15, 0.2) is 11.6 Å². The molecule has 4 rings (SSSR count). The molecule has 0 bridgehead atoms. The van der Waals surface area contributed by atoms with Crippen LogP contribution in [-0.4, -0.2) is 31.4 Å². The number of rotatable bonds is 6. The summed E-state index contributed by atoms with van der Waals surface area (Å²) in [6.45, 7) is 3.51. The van der Waals surface area contributed by atoms with Crippen molar-refractivity contribution in [2.24, 2.45) is 5.92 Å². The van der Waals surface area contributed by atoms with Crippen LogP contribution in [0.1, 0.15) is 63.0 Å². The molecule has 1 fully saturated rings. The minimum atomic E-state index is -0.505. The maximum absolute atomic E-state index is 12.9. The van der Waals surface area contributed by atoms with Gasteiger partial charge in [-0.05, 0) is 44.9 Å². The van der Waals surface area contributed by atoms with Crippen LogP contribution in [0.4, 0.5) is 0 Å². The fraction of sp³-hybridized carbons (Fsp3) is 0.300. The maximum atomic E-state index is 12.9. The molecule has 1 aliphatic rings. The van der Waals surface area contributed by atoms with Crippen LogP contribution in [0.25, 0.3) is 5.13 Å². The Morgan fingerprint density at radius 2 is 2.07 bits per heavy atom. The van der Waals surface area contributed by atoms with Gasteiger partial charge in [0.05, 0.1) is 12.2 Å². The predicted molar refractivity (Wildman–Crippen MR) is 111 cm³/mol. The molecule has 1 aliphatic carbocycles. The second-order valence-corrected chi connectivity index (χ2v) is 8.56. The van der Waals surface area contributed by atoms with E-state index in [2.05, 4.69) is 20.4 Å². The van der Waals surface area contributed by atoms with Crippen LogP contribution in [0.15, 0.2) is 24.4 Å². The molecule has 0 saturated heterocycles. The molecule has 1 aromatic carbocycles. The highest BCUT2D eigenvalue weighted by molar-refractivity contribution is 7.14. The lowest BCUT2D eigenvalue weighted by Gasteiger charge is -2.14. The summed E-state index contributed by atoms with van der Waals surface area (Å²) in [5, 5.41) is 17.1. The molecule has 2 heterocycles. The van der Waals surface area contributed by atoms with Gasteiger partial charge in [-0.15, -0.1) is 5.10 Å². The minimum Gasteiger partial charge on any atom is -0.342 e. The first-order valence-electron chi connectivity index (χ1n) is 9.31. The van der Waals surface area contributed by atoms with E-state index in [1.807, 2.05) is 6.07 Å². The third kappa shape index (κ3) is 4.10. The quantitative estimate of drug-likeness (QED) is 0.585. The summed E-state index contributed by atoms with van der Waals surface area (Å²) in [5.41, 5.74) is 0.760. The van der Waals surface area contributed by atoms with E-state index in [0.717, 1.165) is 12.8 Å². The molecule has 2 aromatic heterocycles. The zero-order chi connectivity index (χ0) is 21.4. The third-order valence-electron chi connectivity index (χ3n) is 4.65. The van der Waals surface area contributed by atoms with Gasteiger partial charge < -0.3 is 5.32 Å². The molecule has 0 spiro atoms. The molecule has 1 amide bonds. The zero-order valence-corrected chi connectivity index (χ0v) is 17.8. The number of nitrogens with one attached hydrogen (secondary N) is 1. The van der Waals surface area contributed by atoms with E-state index in [9.17, 15) is 9.59 Å². The number of carbonyl (C=O) groups excluding carboxylic acids is 2. The minimum absolute atomic E-state index is 0.0204. The van der Waals surface area contributed by atoms with Crippen molar-refractivity contribution >= 4 is 34.6 Å². The van der Waals surface area contributed by atoms with Gasteiger partial charge in [0, 0.05) is 22.1 Å². The van der Waals surface area contributed by atoms with Gasteiger partial charge in [-0.1, -0.05) is 22.9 Å². The molecule has 0 radical (unpaired) electrons. The number of nitrogens with zero attached hydrogens (tertiary/aromatic N) is 5. The lowest BCUT2D eigenvalue weighted by molar-refractivity contribution is 0.0938. The Kier molecular flexibility index (Phi) is 5.37. The summed E-state index contributed by atoms with van der Waals surface area (Å²) in [7, 11) is 0. The summed E-state index contributed by atoms with van der Waals surface area (Å²) >= 11 is 7.33. The molecule has 152 valence electrons. The lowest BCUT2D eigenvalue weighted by atomic mass is 10.0. The van der Waals surface area contributed by atoms with Crippen molar-refractivity contribution in [1.29, 1.82) is 5.26 Å². The molecule has 30 heavy (non-hydrogen) atoms. The number of thiazole rings is 1. The highest BCUT2D eigenvalue weighted by Gasteiger charge is 2.31. The molecular formula is C20H17ClN6O2S. The molecule has 0 unspecified atom stereocenters. The number of aryl methyl sites for hydroxylation is 1. The number of halogens is 1. The van der Waals surface area contributed by atoms with Crippen molar-refractivity contribution in [1.82, 2.24) is 25.1 Å². The van der Waals surface area contributed by atoms with Crippen LogP contribution in [0, 0.1) is 24.2 Å².